The topological polar surface area (TPSA) is 122 Å². The molecule has 4 N–H and O–H groups in total. The lowest BCUT2D eigenvalue weighted by Gasteiger charge is -2.25. The zero-order valence-corrected chi connectivity index (χ0v) is 19.9. The number of amides is 2. The Morgan fingerprint density at radius 2 is 2.03 bits per heavy atom. The van der Waals surface area contributed by atoms with Crippen LogP contribution in [0.1, 0.15) is 16.8 Å². The summed E-state index contributed by atoms with van der Waals surface area (Å²) in [4.78, 5) is 29.7. The first-order valence-corrected chi connectivity index (χ1v) is 11.2. The van der Waals surface area contributed by atoms with Gasteiger partial charge in [0.1, 0.15) is 0 Å². The maximum absolute atomic E-state index is 13.5. The van der Waals surface area contributed by atoms with Gasteiger partial charge >= 0.3 is 6.61 Å². The molecule has 13 heteroatoms. The first kappa shape index (κ1) is 24.9. The van der Waals surface area contributed by atoms with Gasteiger partial charge in [-0.05, 0) is 30.2 Å². The molecule has 2 heterocycles. The summed E-state index contributed by atoms with van der Waals surface area (Å²) < 4.78 is 30.1. The van der Waals surface area contributed by atoms with Crippen molar-refractivity contribution in [3.8, 4) is 0 Å². The number of alkyl halides is 2. The fourth-order valence-corrected chi connectivity index (χ4v) is 4.66. The summed E-state index contributed by atoms with van der Waals surface area (Å²) >= 11 is 18.9. The fraction of sp³-hybridized carbons (Fsp3) is 0.182. The quantitative estimate of drug-likeness (QED) is 0.491. The van der Waals surface area contributed by atoms with Gasteiger partial charge in [-0.1, -0.05) is 40.9 Å². The molecule has 35 heavy (non-hydrogen) atoms. The lowest BCUT2D eigenvalue weighted by Crippen LogP contribution is -2.29. The van der Waals surface area contributed by atoms with E-state index in [1.807, 2.05) is 0 Å². The molecular weight excluding hydrogens is 527 g/mol. The van der Waals surface area contributed by atoms with Crippen LogP contribution in [0.2, 0.25) is 5.02 Å². The number of anilines is 1. The number of allylic oxidation sites excluding steroid dienone is 5. The SMILES string of the molecule is NC(=O)c1c(NC(=O)C2=CC(OC(F)F)=NCC2C2=C(Cl)C=C(Cl)C=CC2)c(Cl)cc2cn[nH]c12. The Balaban J connectivity index is 1.77. The highest BCUT2D eigenvalue weighted by Gasteiger charge is 2.32. The lowest BCUT2D eigenvalue weighted by atomic mass is 9.86. The number of primary amides is 1. The number of dihydropyridines is 1. The number of aliphatic imine (C=N–C) groups is 1. The molecule has 182 valence electrons. The van der Waals surface area contributed by atoms with Gasteiger partial charge in [-0.2, -0.15) is 13.9 Å². The Morgan fingerprint density at radius 1 is 1.26 bits per heavy atom. The second-order valence-electron chi connectivity index (χ2n) is 7.48. The number of halogens is 5. The summed E-state index contributed by atoms with van der Waals surface area (Å²) in [5.74, 6) is -2.75. The minimum absolute atomic E-state index is 0.0137. The Morgan fingerprint density at radius 3 is 2.74 bits per heavy atom. The summed E-state index contributed by atoms with van der Waals surface area (Å²) in [6.45, 7) is -3.24. The third-order valence-corrected chi connectivity index (χ3v) is 6.22. The highest BCUT2D eigenvalue weighted by molar-refractivity contribution is 6.37. The van der Waals surface area contributed by atoms with Gasteiger partial charge in [-0.3, -0.25) is 19.7 Å². The molecule has 1 aromatic carbocycles. The van der Waals surface area contributed by atoms with Gasteiger partial charge in [0.25, 0.3) is 11.8 Å². The van der Waals surface area contributed by atoms with Crippen LogP contribution < -0.4 is 11.1 Å². The van der Waals surface area contributed by atoms with Crippen molar-refractivity contribution in [2.45, 2.75) is 13.0 Å². The van der Waals surface area contributed by atoms with Gasteiger partial charge < -0.3 is 15.8 Å². The van der Waals surface area contributed by atoms with E-state index in [1.165, 1.54) is 18.3 Å². The molecule has 1 aromatic heterocycles. The van der Waals surface area contributed by atoms with E-state index in [1.54, 1.807) is 12.2 Å². The van der Waals surface area contributed by atoms with E-state index < -0.39 is 30.2 Å². The number of nitrogens with one attached hydrogen (secondary N) is 2. The van der Waals surface area contributed by atoms with Crippen molar-refractivity contribution in [3.05, 3.63) is 68.4 Å². The normalized spacial score (nSPS) is 18.2. The number of nitrogens with zero attached hydrogens (tertiary/aromatic N) is 2. The van der Waals surface area contributed by atoms with Crippen molar-refractivity contribution in [1.82, 2.24) is 10.2 Å². The third-order valence-electron chi connectivity index (χ3n) is 5.34. The summed E-state index contributed by atoms with van der Waals surface area (Å²) in [7, 11) is 0. The van der Waals surface area contributed by atoms with Crippen molar-refractivity contribution in [2.75, 3.05) is 11.9 Å². The standard InChI is InChI=1S/C22H16Cl3F2N5O3/c23-10-2-1-3-11(14(24)5-10)13-8-29-16(35-22(26)27)6-12(13)21(34)31-19-15(25)4-9-7-30-32-18(9)17(19)20(28)33/h1-2,4-7,13,22H,3,8H2,(H2,28,33)(H,30,32)(H,31,34). The predicted octanol–water partition coefficient (Wildman–Crippen LogP) is 5.02. The summed E-state index contributed by atoms with van der Waals surface area (Å²) in [6, 6.07) is 1.49. The smallest absolute Gasteiger partial charge is 0.388 e. The zero-order chi connectivity index (χ0) is 25.3. The first-order valence-electron chi connectivity index (χ1n) is 10.1. The van der Waals surface area contributed by atoms with Crippen molar-refractivity contribution in [1.29, 1.82) is 0 Å². The zero-order valence-electron chi connectivity index (χ0n) is 17.6. The molecule has 2 amide bonds. The molecule has 0 spiro atoms. The Kier molecular flexibility index (Phi) is 7.25. The molecule has 1 aliphatic heterocycles. The number of aromatic nitrogens is 2. The number of benzene rings is 1. The number of aromatic amines is 1. The molecule has 0 fully saturated rings. The van der Waals surface area contributed by atoms with E-state index in [-0.39, 0.29) is 38.9 Å². The van der Waals surface area contributed by atoms with E-state index in [2.05, 4.69) is 25.2 Å². The van der Waals surface area contributed by atoms with E-state index >= 15 is 0 Å². The van der Waals surface area contributed by atoms with Crippen LogP contribution in [0, 0.1) is 5.92 Å². The molecule has 0 saturated carbocycles. The van der Waals surface area contributed by atoms with Crippen LogP contribution in [-0.2, 0) is 9.53 Å². The second-order valence-corrected chi connectivity index (χ2v) is 8.73. The number of hydrogen-bond donors (Lipinski definition) is 3. The second kappa shape index (κ2) is 10.2. The van der Waals surface area contributed by atoms with Crippen LogP contribution in [-0.4, -0.2) is 41.1 Å². The number of carbonyl (C=O) groups excluding carboxylic acids is 2. The number of H-pyrrole nitrogens is 1. The highest BCUT2D eigenvalue weighted by Crippen LogP contribution is 2.37. The van der Waals surface area contributed by atoms with Crippen molar-refractivity contribution >= 4 is 69.1 Å². The van der Waals surface area contributed by atoms with Crippen LogP contribution in [0.3, 0.4) is 0 Å². The van der Waals surface area contributed by atoms with Crippen LogP contribution in [0.4, 0.5) is 14.5 Å². The molecule has 1 unspecified atom stereocenters. The highest BCUT2D eigenvalue weighted by atomic mass is 35.5. The predicted molar refractivity (Wildman–Crippen MR) is 130 cm³/mol. The van der Waals surface area contributed by atoms with Gasteiger partial charge in [-0.15, -0.1) is 0 Å². The maximum atomic E-state index is 13.5. The molecule has 1 atom stereocenters. The van der Waals surface area contributed by atoms with Crippen LogP contribution in [0.5, 0.6) is 0 Å². The summed E-state index contributed by atoms with van der Waals surface area (Å²) in [5.41, 5.74) is 6.27. The fourth-order valence-electron chi connectivity index (χ4n) is 3.82. The van der Waals surface area contributed by atoms with E-state index in [9.17, 15) is 18.4 Å². The van der Waals surface area contributed by atoms with Crippen LogP contribution in [0.25, 0.3) is 10.9 Å². The number of fused-ring (bicyclic) bond motifs is 1. The minimum Gasteiger partial charge on any atom is -0.417 e. The molecule has 1 aliphatic carbocycles. The number of hydrogen-bond acceptors (Lipinski definition) is 5. The summed E-state index contributed by atoms with van der Waals surface area (Å²) in [6.07, 6.45) is 7.78. The van der Waals surface area contributed by atoms with E-state index in [0.29, 0.717) is 22.4 Å². The maximum Gasteiger partial charge on any atom is 0.388 e. The monoisotopic (exact) mass is 541 g/mol. The molecule has 0 radical (unpaired) electrons. The van der Waals surface area contributed by atoms with Gasteiger partial charge in [0.2, 0.25) is 5.90 Å². The van der Waals surface area contributed by atoms with Gasteiger partial charge in [0.05, 0.1) is 34.5 Å². The van der Waals surface area contributed by atoms with Crippen molar-refractivity contribution in [3.63, 3.8) is 0 Å². The Labute approximate surface area is 212 Å². The van der Waals surface area contributed by atoms with Gasteiger partial charge in [-0.25, -0.2) is 0 Å². The number of carbonyl (C=O) groups is 2. The van der Waals surface area contributed by atoms with Gasteiger partial charge in [0, 0.05) is 33.0 Å². The molecule has 0 saturated heterocycles. The molecule has 2 aromatic rings. The van der Waals surface area contributed by atoms with Crippen molar-refractivity contribution in [2.24, 2.45) is 16.6 Å². The number of rotatable bonds is 5. The molecule has 8 nitrogen and oxygen atoms in total. The first-order chi connectivity index (χ1) is 16.7. The molecule has 0 bridgehead atoms. The third kappa shape index (κ3) is 5.24. The van der Waals surface area contributed by atoms with Crippen LogP contribution in [0.15, 0.2) is 62.8 Å². The minimum atomic E-state index is -3.14. The van der Waals surface area contributed by atoms with E-state index in [4.69, 9.17) is 40.5 Å². The average Bonchev–Trinajstić information content (AvgIpc) is 3.16. The lowest BCUT2D eigenvalue weighted by molar-refractivity contribution is -0.113. The number of nitrogens with two attached hydrogens (primary N) is 1. The van der Waals surface area contributed by atoms with Crippen molar-refractivity contribution < 1.29 is 23.1 Å². The largest absolute Gasteiger partial charge is 0.417 e. The summed E-state index contributed by atoms with van der Waals surface area (Å²) in [5, 5.41) is 10.3. The van der Waals surface area contributed by atoms with Gasteiger partial charge in [0.15, 0.2) is 0 Å². The Hall–Kier alpha value is -3.21. The average molecular weight is 543 g/mol. The van der Waals surface area contributed by atoms with E-state index in [0.717, 1.165) is 6.08 Å². The molecular formula is C22H16Cl3F2N5O3. The van der Waals surface area contributed by atoms with Crippen LogP contribution >= 0.6 is 34.8 Å². The molecule has 4 rings (SSSR count). The number of ether oxygens (including phenoxy) is 1. The molecule has 2 aliphatic rings. The Bertz CT molecular complexity index is 1380.